The first-order valence-electron chi connectivity index (χ1n) is 11.5. The van der Waals surface area contributed by atoms with E-state index >= 15 is 0 Å². The number of ether oxygens (including phenoxy) is 2. The first-order chi connectivity index (χ1) is 16.5. The van der Waals surface area contributed by atoms with Gasteiger partial charge in [0.05, 0.1) is 42.4 Å². The highest BCUT2D eigenvalue weighted by molar-refractivity contribution is 6.42. The van der Waals surface area contributed by atoms with Crippen LogP contribution in [0.2, 0.25) is 10.0 Å². The lowest BCUT2D eigenvalue weighted by molar-refractivity contribution is -0.121. The van der Waals surface area contributed by atoms with Gasteiger partial charge in [-0.2, -0.15) is 0 Å². The molecule has 2 fully saturated rings. The molecule has 2 heterocycles. The van der Waals surface area contributed by atoms with Crippen molar-refractivity contribution in [3.8, 4) is 0 Å². The molecule has 182 valence electrons. The number of rotatable bonds is 7. The number of morpholine rings is 2. The number of amides is 2. The van der Waals surface area contributed by atoms with Gasteiger partial charge in [0.2, 0.25) is 5.91 Å². The number of carbonyl (C=O) groups excluding carboxylic acids is 2. The van der Waals surface area contributed by atoms with Gasteiger partial charge in [-0.25, -0.2) is 0 Å². The lowest BCUT2D eigenvalue weighted by Crippen LogP contribution is -2.47. The number of hydrogen-bond donors (Lipinski definition) is 1. The zero-order valence-corrected chi connectivity index (χ0v) is 20.5. The summed E-state index contributed by atoms with van der Waals surface area (Å²) in [4.78, 5) is 29.1. The van der Waals surface area contributed by atoms with E-state index in [1.807, 2.05) is 30.3 Å². The van der Waals surface area contributed by atoms with E-state index in [0.29, 0.717) is 55.1 Å². The van der Waals surface area contributed by atoms with Gasteiger partial charge in [0.25, 0.3) is 5.91 Å². The first-order valence-corrected chi connectivity index (χ1v) is 12.2. The van der Waals surface area contributed by atoms with Crippen molar-refractivity contribution < 1.29 is 19.1 Å². The van der Waals surface area contributed by atoms with Crippen LogP contribution in [-0.4, -0.2) is 80.3 Å². The Hall–Kier alpha value is -2.16. The molecule has 2 amide bonds. The van der Waals surface area contributed by atoms with E-state index in [4.69, 9.17) is 32.7 Å². The number of carbonyl (C=O) groups is 2. The summed E-state index contributed by atoms with van der Waals surface area (Å²) >= 11 is 12.1. The molecule has 2 aliphatic rings. The van der Waals surface area contributed by atoms with E-state index in [1.165, 1.54) is 0 Å². The van der Waals surface area contributed by atoms with Crippen molar-refractivity contribution in [2.45, 2.75) is 19.1 Å². The van der Waals surface area contributed by atoms with Crippen LogP contribution in [0.5, 0.6) is 0 Å². The molecule has 0 aromatic heterocycles. The van der Waals surface area contributed by atoms with Crippen LogP contribution in [-0.2, 0) is 27.2 Å². The molecular weight excluding hydrogens is 477 g/mol. The molecule has 2 saturated heterocycles. The van der Waals surface area contributed by atoms with E-state index in [1.54, 1.807) is 17.0 Å². The highest BCUT2D eigenvalue weighted by Crippen LogP contribution is 2.23. The van der Waals surface area contributed by atoms with Gasteiger partial charge in [0, 0.05) is 44.8 Å². The van der Waals surface area contributed by atoms with Crippen molar-refractivity contribution in [2.75, 3.05) is 52.5 Å². The number of benzene rings is 2. The number of nitrogens with zero attached hydrogens (tertiary/aromatic N) is 2. The second-order valence-electron chi connectivity index (χ2n) is 8.56. The van der Waals surface area contributed by atoms with Crippen LogP contribution in [0.25, 0.3) is 0 Å². The van der Waals surface area contributed by atoms with E-state index in [9.17, 15) is 9.59 Å². The highest BCUT2D eigenvalue weighted by atomic mass is 35.5. The lowest BCUT2D eigenvalue weighted by Gasteiger charge is -2.33. The summed E-state index contributed by atoms with van der Waals surface area (Å²) in [5, 5.41) is 4.07. The van der Waals surface area contributed by atoms with Gasteiger partial charge in [0.15, 0.2) is 0 Å². The Morgan fingerprint density at radius 3 is 2.41 bits per heavy atom. The first kappa shape index (κ1) is 24.9. The molecule has 0 radical (unpaired) electrons. The second kappa shape index (κ2) is 12.0. The average molecular weight is 506 g/mol. The normalized spacial score (nSPS) is 19.1. The van der Waals surface area contributed by atoms with Gasteiger partial charge >= 0.3 is 0 Å². The maximum Gasteiger partial charge on any atom is 0.254 e. The topological polar surface area (TPSA) is 71.1 Å². The van der Waals surface area contributed by atoms with Crippen molar-refractivity contribution >= 4 is 35.0 Å². The molecule has 9 heteroatoms. The Kier molecular flexibility index (Phi) is 8.80. The summed E-state index contributed by atoms with van der Waals surface area (Å²) in [5.41, 5.74) is 2.58. The summed E-state index contributed by atoms with van der Waals surface area (Å²) in [6.45, 7) is 5.71. The van der Waals surface area contributed by atoms with E-state index in [2.05, 4.69) is 10.2 Å². The van der Waals surface area contributed by atoms with Gasteiger partial charge in [-0.3, -0.25) is 14.5 Å². The fourth-order valence-corrected chi connectivity index (χ4v) is 4.45. The summed E-state index contributed by atoms with van der Waals surface area (Å²) in [6, 6.07) is 12.9. The fraction of sp³-hybridized carbons (Fsp3) is 0.440. The van der Waals surface area contributed by atoms with Crippen molar-refractivity contribution in [1.82, 2.24) is 15.1 Å². The molecule has 2 aromatic carbocycles. The number of nitrogens with one attached hydrogen (secondary N) is 1. The van der Waals surface area contributed by atoms with Gasteiger partial charge in [0.1, 0.15) is 0 Å². The minimum absolute atomic E-state index is 0.000764. The summed E-state index contributed by atoms with van der Waals surface area (Å²) in [7, 11) is 0. The Morgan fingerprint density at radius 2 is 1.68 bits per heavy atom. The van der Waals surface area contributed by atoms with Gasteiger partial charge in [-0.15, -0.1) is 0 Å². The molecular formula is C25H29Cl2N3O4. The molecule has 0 saturated carbocycles. The molecule has 34 heavy (non-hydrogen) atoms. The van der Waals surface area contributed by atoms with E-state index in [0.717, 1.165) is 30.8 Å². The number of halogens is 2. The zero-order chi connectivity index (χ0) is 23.9. The van der Waals surface area contributed by atoms with Crippen molar-refractivity contribution in [2.24, 2.45) is 0 Å². The molecule has 2 aromatic rings. The molecule has 7 nitrogen and oxygen atoms in total. The summed E-state index contributed by atoms with van der Waals surface area (Å²) in [5.74, 6) is -0.0726. The maximum atomic E-state index is 12.5. The Morgan fingerprint density at radius 1 is 0.941 bits per heavy atom. The van der Waals surface area contributed by atoms with Crippen LogP contribution in [0, 0.1) is 0 Å². The standard InChI is InChI=1S/C25H29Cl2N3O4/c26-22-6-3-19(13-23(22)27)16-29-7-12-34-21(17-29)15-28-24(31)14-18-1-4-20(5-2-18)25(32)30-8-10-33-11-9-30/h1-6,13,21H,7-12,14-17H2,(H,28,31). The maximum absolute atomic E-state index is 12.5. The fourth-order valence-electron chi connectivity index (χ4n) is 4.13. The summed E-state index contributed by atoms with van der Waals surface area (Å²) < 4.78 is 11.1. The van der Waals surface area contributed by atoms with Crippen LogP contribution >= 0.6 is 23.2 Å². The quantitative estimate of drug-likeness (QED) is 0.626. The monoisotopic (exact) mass is 505 g/mol. The molecule has 1 N–H and O–H groups in total. The minimum Gasteiger partial charge on any atom is -0.378 e. The van der Waals surface area contributed by atoms with Crippen LogP contribution in [0.15, 0.2) is 42.5 Å². The van der Waals surface area contributed by atoms with Crippen LogP contribution < -0.4 is 5.32 Å². The van der Waals surface area contributed by atoms with Gasteiger partial charge in [-0.1, -0.05) is 41.4 Å². The Labute approximate surface area is 209 Å². The zero-order valence-electron chi connectivity index (χ0n) is 19.0. The van der Waals surface area contributed by atoms with Crippen molar-refractivity contribution in [1.29, 1.82) is 0 Å². The summed E-state index contributed by atoms with van der Waals surface area (Å²) in [6.07, 6.45) is 0.181. The smallest absolute Gasteiger partial charge is 0.254 e. The molecule has 1 unspecified atom stereocenters. The van der Waals surface area contributed by atoms with Crippen LogP contribution in [0.1, 0.15) is 21.5 Å². The molecule has 4 rings (SSSR count). The third-order valence-electron chi connectivity index (χ3n) is 6.00. The highest BCUT2D eigenvalue weighted by Gasteiger charge is 2.22. The Bertz CT molecular complexity index is 996. The Balaban J connectivity index is 1.21. The SMILES string of the molecule is O=C(Cc1ccc(C(=O)N2CCOCC2)cc1)NCC1CN(Cc2ccc(Cl)c(Cl)c2)CCO1. The van der Waals surface area contributed by atoms with E-state index < -0.39 is 0 Å². The average Bonchev–Trinajstić information content (AvgIpc) is 2.86. The van der Waals surface area contributed by atoms with E-state index in [-0.39, 0.29) is 24.3 Å². The molecule has 0 aliphatic carbocycles. The third kappa shape index (κ3) is 6.93. The molecule has 2 aliphatic heterocycles. The third-order valence-corrected chi connectivity index (χ3v) is 6.74. The molecule has 0 bridgehead atoms. The molecule has 1 atom stereocenters. The van der Waals surface area contributed by atoms with Gasteiger partial charge < -0.3 is 19.7 Å². The largest absolute Gasteiger partial charge is 0.378 e. The number of hydrogen-bond acceptors (Lipinski definition) is 5. The molecule has 0 spiro atoms. The van der Waals surface area contributed by atoms with Gasteiger partial charge in [-0.05, 0) is 35.4 Å². The van der Waals surface area contributed by atoms with Crippen LogP contribution in [0.4, 0.5) is 0 Å². The van der Waals surface area contributed by atoms with Crippen molar-refractivity contribution in [3.05, 3.63) is 69.2 Å². The lowest BCUT2D eigenvalue weighted by atomic mass is 10.1. The minimum atomic E-state index is -0.0750. The van der Waals surface area contributed by atoms with Crippen LogP contribution in [0.3, 0.4) is 0 Å². The second-order valence-corrected chi connectivity index (χ2v) is 9.37. The predicted molar refractivity (Wildman–Crippen MR) is 131 cm³/mol. The predicted octanol–water partition coefficient (Wildman–Crippen LogP) is 3.03. The van der Waals surface area contributed by atoms with Crippen molar-refractivity contribution in [3.63, 3.8) is 0 Å².